The third kappa shape index (κ3) is 4.48. The number of anilines is 1. The zero-order valence-electron chi connectivity index (χ0n) is 16.0. The first-order chi connectivity index (χ1) is 13.9. The van der Waals surface area contributed by atoms with Gasteiger partial charge >= 0.3 is 0 Å². The number of sulfone groups is 1. The number of ether oxygens (including phenoxy) is 1. The predicted octanol–water partition coefficient (Wildman–Crippen LogP) is 3.28. The molecule has 0 N–H and O–H groups in total. The fraction of sp³-hybridized carbons (Fsp3) is 0.333. The third-order valence-electron chi connectivity index (χ3n) is 4.95. The van der Waals surface area contributed by atoms with E-state index in [9.17, 15) is 13.2 Å². The summed E-state index contributed by atoms with van der Waals surface area (Å²) >= 11 is 1.39. The van der Waals surface area contributed by atoms with E-state index >= 15 is 0 Å². The first-order valence-electron chi connectivity index (χ1n) is 9.50. The molecule has 2 heterocycles. The highest BCUT2D eigenvalue weighted by molar-refractivity contribution is 8.16. The SMILES string of the molecule is CCC(=O)N=C1S[C@@H]2CS(=O)(=O)C[C@H]2N1c1ccc(OCc2ccccc2)cc1. The standard InChI is InChI=1S/C21H22N2O4S2/c1-2-20(24)22-21-23(18-13-29(25,26)14-19(18)28-21)16-8-10-17(11-9-16)27-12-15-6-4-3-5-7-15/h3-11,18-19H,2,12-14H2,1H3/t18-,19-/m1/s1. The lowest BCUT2D eigenvalue weighted by molar-refractivity contribution is -0.117. The average Bonchev–Trinajstić information content (AvgIpc) is 3.18. The Morgan fingerprint density at radius 3 is 2.55 bits per heavy atom. The van der Waals surface area contributed by atoms with Gasteiger partial charge in [-0.15, -0.1) is 0 Å². The predicted molar refractivity (Wildman–Crippen MR) is 116 cm³/mol. The molecule has 0 aromatic heterocycles. The van der Waals surface area contributed by atoms with Crippen molar-refractivity contribution in [2.75, 3.05) is 16.4 Å². The van der Waals surface area contributed by atoms with Crippen LogP contribution in [0.4, 0.5) is 5.69 Å². The molecular weight excluding hydrogens is 408 g/mol. The Morgan fingerprint density at radius 2 is 1.86 bits per heavy atom. The number of fused-ring (bicyclic) bond motifs is 1. The van der Waals surface area contributed by atoms with E-state index in [4.69, 9.17) is 4.74 Å². The zero-order valence-corrected chi connectivity index (χ0v) is 17.7. The maximum atomic E-state index is 12.1. The van der Waals surface area contributed by atoms with Crippen molar-refractivity contribution in [1.29, 1.82) is 0 Å². The molecule has 2 aromatic rings. The van der Waals surface area contributed by atoms with Gasteiger partial charge in [-0.1, -0.05) is 49.0 Å². The lowest BCUT2D eigenvalue weighted by Gasteiger charge is -2.24. The maximum absolute atomic E-state index is 12.1. The van der Waals surface area contributed by atoms with Crippen molar-refractivity contribution >= 4 is 38.4 Å². The molecule has 152 valence electrons. The summed E-state index contributed by atoms with van der Waals surface area (Å²) in [5, 5.41) is 0.483. The Labute approximate surface area is 174 Å². The van der Waals surface area contributed by atoms with Gasteiger partial charge in [0.2, 0.25) is 5.91 Å². The van der Waals surface area contributed by atoms with Gasteiger partial charge in [0.15, 0.2) is 15.0 Å². The Hall–Kier alpha value is -2.32. The lowest BCUT2D eigenvalue weighted by Crippen LogP contribution is -2.37. The molecule has 2 aliphatic rings. The smallest absolute Gasteiger partial charge is 0.247 e. The van der Waals surface area contributed by atoms with Crippen LogP contribution in [0.25, 0.3) is 0 Å². The summed E-state index contributed by atoms with van der Waals surface area (Å²) in [5.74, 6) is 0.721. The van der Waals surface area contributed by atoms with Crippen LogP contribution in [-0.2, 0) is 21.2 Å². The number of carbonyl (C=O) groups excluding carboxylic acids is 1. The molecule has 0 radical (unpaired) electrons. The van der Waals surface area contributed by atoms with Gasteiger partial charge in [-0.25, -0.2) is 8.42 Å². The highest BCUT2D eigenvalue weighted by atomic mass is 32.2. The van der Waals surface area contributed by atoms with Crippen LogP contribution in [0.3, 0.4) is 0 Å². The Kier molecular flexibility index (Phi) is 5.65. The summed E-state index contributed by atoms with van der Waals surface area (Å²) in [6.07, 6.45) is 0.317. The molecular formula is C21H22N2O4S2. The molecule has 4 rings (SSSR count). The molecule has 0 aliphatic carbocycles. The highest BCUT2D eigenvalue weighted by Gasteiger charge is 2.49. The highest BCUT2D eigenvalue weighted by Crippen LogP contribution is 2.41. The summed E-state index contributed by atoms with van der Waals surface area (Å²) in [7, 11) is -3.08. The number of hydrogen-bond donors (Lipinski definition) is 0. The van der Waals surface area contributed by atoms with E-state index in [0.717, 1.165) is 17.0 Å². The van der Waals surface area contributed by atoms with Gasteiger partial charge in [-0.2, -0.15) is 4.99 Å². The average molecular weight is 431 g/mol. The van der Waals surface area contributed by atoms with Crippen LogP contribution in [0.15, 0.2) is 59.6 Å². The van der Waals surface area contributed by atoms with Gasteiger partial charge in [-0.05, 0) is 29.8 Å². The van der Waals surface area contributed by atoms with Gasteiger partial charge in [0.1, 0.15) is 12.4 Å². The molecule has 0 spiro atoms. The number of hydrogen-bond acceptors (Lipinski definition) is 5. The van der Waals surface area contributed by atoms with Crippen molar-refractivity contribution in [2.45, 2.75) is 31.2 Å². The minimum absolute atomic E-state index is 0.0796. The minimum Gasteiger partial charge on any atom is -0.489 e. The van der Waals surface area contributed by atoms with Crippen LogP contribution in [0, 0.1) is 0 Å². The van der Waals surface area contributed by atoms with Crippen LogP contribution >= 0.6 is 11.8 Å². The van der Waals surface area contributed by atoms with Crippen LogP contribution in [0.2, 0.25) is 0 Å². The van der Waals surface area contributed by atoms with Crippen LogP contribution in [0.1, 0.15) is 18.9 Å². The van der Waals surface area contributed by atoms with Crippen molar-refractivity contribution in [3.63, 3.8) is 0 Å². The van der Waals surface area contributed by atoms with Crippen LogP contribution in [0.5, 0.6) is 5.75 Å². The number of nitrogens with zero attached hydrogens (tertiary/aromatic N) is 2. The lowest BCUT2D eigenvalue weighted by atomic mass is 10.2. The van der Waals surface area contributed by atoms with Gasteiger partial charge in [-0.3, -0.25) is 4.79 Å². The van der Waals surface area contributed by atoms with Crippen molar-refractivity contribution in [3.05, 3.63) is 60.2 Å². The number of amides is 1. The molecule has 2 aliphatic heterocycles. The van der Waals surface area contributed by atoms with Gasteiger partial charge < -0.3 is 9.64 Å². The fourth-order valence-electron chi connectivity index (χ4n) is 3.50. The summed E-state index contributed by atoms with van der Waals surface area (Å²) in [6, 6.07) is 17.2. The van der Waals surface area contributed by atoms with E-state index in [0.29, 0.717) is 18.2 Å². The first-order valence-corrected chi connectivity index (χ1v) is 12.2. The minimum atomic E-state index is -3.08. The van der Waals surface area contributed by atoms with E-state index in [1.807, 2.05) is 59.5 Å². The molecule has 0 unspecified atom stereocenters. The molecule has 6 nitrogen and oxygen atoms in total. The molecule has 2 atom stereocenters. The molecule has 1 amide bonds. The summed E-state index contributed by atoms with van der Waals surface area (Å²) in [6.45, 7) is 2.24. The Morgan fingerprint density at radius 1 is 1.14 bits per heavy atom. The van der Waals surface area contributed by atoms with E-state index in [1.165, 1.54) is 11.8 Å². The van der Waals surface area contributed by atoms with Crippen molar-refractivity contribution in [2.24, 2.45) is 4.99 Å². The maximum Gasteiger partial charge on any atom is 0.247 e. The number of carbonyl (C=O) groups is 1. The third-order valence-corrected chi connectivity index (χ3v) is 8.16. The normalized spacial score (nSPS) is 23.9. The molecule has 2 saturated heterocycles. The number of rotatable bonds is 5. The second-order valence-corrected chi connectivity index (χ2v) is 10.4. The van der Waals surface area contributed by atoms with Gasteiger partial charge in [0, 0.05) is 17.4 Å². The molecule has 0 saturated carbocycles. The summed E-state index contributed by atoms with van der Waals surface area (Å²) in [5.41, 5.74) is 1.90. The second kappa shape index (κ2) is 8.20. The van der Waals surface area contributed by atoms with Crippen LogP contribution in [-0.4, -0.2) is 42.3 Å². The summed E-state index contributed by atoms with van der Waals surface area (Å²) in [4.78, 5) is 18.0. The Balaban J connectivity index is 1.55. The summed E-state index contributed by atoms with van der Waals surface area (Å²) < 4.78 is 30.1. The quantitative estimate of drug-likeness (QED) is 0.725. The van der Waals surface area contributed by atoms with E-state index in [1.54, 1.807) is 6.92 Å². The molecule has 2 aromatic carbocycles. The number of amidine groups is 1. The van der Waals surface area contributed by atoms with Gasteiger partial charge in [0.05, 0.1) is 17.5 Å². The second-order valence-electron chi connectivity index (χ2n) is 7.08. The largest absolute Gasteiger partial charge is 0.489 e. The zero-order chi connectivity index (χ0) is 20.4. The fourth-order valence-corrected chi connectivity index (χ4v) is 7.43. The van der Waals surface area contributed by atoms with E-state index in [2.05, 4.69) is 4.99 Å². The first kappa shape index (κ1) is 20.0. The van der Waals surface area contributed by atoms with E-state index < -0.39 is 9.84 Å². The number of benzene rings is 2. The monoisotopic (exact) mass is 430 g/mol. The van der Waals surface area contributed by atoms with E-state index in [-0.39, 0.29) is 28.7 Å². The van der Waals surface area contributed by atoms with Crippen molar-refractivity contribution in [3.8, 4) is 5.75 Å². The van der Waals surface area contributed by atoms with Crippen molar-refractivity contribution in [1.82, 2.24) is 0 Å². The Bertz CT molecular complexity index is 1020. The molecule has 8 heteroatoms. The van der Waals surface area contributed by atoms with Crippen LogP contribution < -0.4 is 9.64 Å². The number of aliphatic imine (C=N–C) groups is 1. The molecule has 29 heavy (non-hydrogen) atoms. The molecule has 0 bridgehead atoms. The number of thioether (sulfide) groups is 1. The van der Waals surface area contributed by atoms with Gasteiger partial charge in [0.25, 0.3) is 0 Å². The topological polar surface area (TPSA) is 76.0 Å². The molecule has 2 fully saturated rings. The van der Waals surface area contributed by atoms with Crippen molar-refractivity contribution < 1.29 is 17.9 Å².